The van der Waals surface area contributed by atoms with Crippen molar-refractivity contribution >= 4 is 0 Å². The Morgan fingerprint density at radius 1 is 1.47 bits per heavy atom. The first-order valence-corrected chi connectivity index (χ1v) is 4.78. The number of benzene rings is 1. The highest BCUT2D eigenvalue weighted by Gasteiger charge is 2.09. The molecule has 0 aliphatic rings. The van der Waals surface area contributed by atoms with Gasteiger partial charge < -0.3 is 4.74 Å². The van der Waals surface area contributed by atoms with Crippen molar-refractivity contribution in [3.63, 3.8) is 0 Å². The molecular formula is C12H13FNO. The lowest BCUT2D eigenvalue weighted by molar-refractivity contribution is 0.340. The summed E-state index contributed by atoms with van der Waals surface area (Å²) in [4.78, 5) is 0. The van der Waals surface area contributed by atoms with E-state index in [9.17, 15) is 4.39 Å². The van der Waals surface area contributed by atoms with Crippen LogP contribution in [0, 0.1) is 17.2 Å². The van der Waals surface area contributed by atoms with Crippen molar-refractivity contribution in [2.24, 2.45) is 0 Å². The van der Waals surface area contributed by atoms with Crippen LogP contribution in [0.25, 0.3) is 0 Å². The van der Waals surface area contributed by atoms with Gasteiger partial charge in [-0.05, 0) is 30.7 Å². The molecule has 0 bridgehead atoms. The third-order valence-electron chi connectivity index (χ3n) is 2.04. The Balaban J connectivity index is 3.06. The van der Waals surface area contributed by atoms with Gasteiger partial charge in [0.15, 0.2) is 0 Å². The van der Waals surface area contributed by atoms with Crippen LogP contribution in [0.4, 0.5) is 4.39 Å². The summed E-state index contributed by atoms with van der Waals surface area (Å²) in [5.74, 6) is 1.22. The second-order valence-corrected chi connectivity index (χ2v) is 3.20. The van der Waals surface area contributed by atoms with Crippen LogP contribution in [0.3, 0.4) is 0 Å². The SMILES string of the molecule is CCOc1cc(C#N)cc([C](C)CF)c1. The van der Waals surface area contributed by atoms with E-state index in [4.69, 9.17) is 10.00 Å². The molecule has 0 aliphatic heterocycles. The lowest BCUT2D eigenvalue weighted by Crippen LogP contribution is -1.99. The van der Waals surface area contributed by atoms with Crippen LogP contribution in [0.5, 0.6) is 5.75 Å². The van der Waals surface area contributed by atoms with E-state index in [-0.39, 0.29) is 0 Å². The average Bonchev–Trinajstić information content (AvgIpc) is 2.28. The Bertz CT molecular complexity index is 370. The molecule has 1 aromatic rings. The van der Waals surface area contributed by atoms with E-state index in [1.807, 2.05) is 13.0 Å². The summed E-state index contributed by atoms with van der Waals surface area (Å²) in [6.07, 6.45) is 0. The quantitative estimate of drug-likeness (QED) is 0.758. The summed E-state index contributed by atoms with van der Waals surface area (Å²) in [5, 5.41) is 8.80. The Labute approximate surface area is 89.3 Å². The summed E-state index contributed by atoms with van der Waals surface area (Å²) in [6, 6.07) is 7.09. The van der Waals surface area contributed by atoms with Crippen LogP contribution in [-0.2, 0) is 0 Å². The van der Waals surface area contributed by atoms with Crippen LogP contribution < -0.4 is 4.74 Å². The first-order valence-electron chi connectivity index (χ1n) is 4.78. The molecule has 1 radical (unpaired) electrons. The lowest BCUT2D eigenvalue weighted by Gasteiger charge is -2.10. The second-order valence-electron chi connectivity index (χ2n) is 3.20. The molecule has 79 valence electrons. The fraction of sp³-hybridized carbons (Fsp3) is 0.333. The van der Waals surface area contributed by atoms with Gasteiger partial charge in [-0.15, -0.1) is 0 Å². The molecule has 0 saturated heterocycles. The fourth-order valence-electron chi connectivity index (χ4n) is 1.24. The van der Waals surface area contributed by atoms with E-state index in [2.05, 4.69) is 0 Å². The Kier molecular flexibility index (Phi) is 4.11. The summed E-state index contributed by atoms with van der Waals surface area (Å²) >= 11 is 0. The number of nitrogens with zero attached hydrogens (tertiary/aromatic N) is 1. The molecule has 0 aliphatic carbocycles. The van der Waals surface area contributed by atoms with Crippen molar-refractivity contribution < 1.29 is 9.13 Å². The van der Waals surface area contributed by atoms with Crippen LogP contribution in [0.2, 0.25) is 0 Å². The van der Waals surface area contributed by atoms with E-state index in [0.717, 1.165) is 5.56 Å². The molecule has 0 atom stereocenters. The molecule has 0 amide bonds. The van der Waals surface area contributed by atoms with Gasteiger partial charge in [-0.3, -0.25) is 4.39 Å². The smallest absolute Gasteiger partial charge is 0.120 e. The Morgan fingerprint density at radius 2 is 2.20 bits per heavy atom. The monoisotopic (exact) mass is 206 g/mol. The van der Waals surface area contributed by atoms with Gasteiger partial charge in [0, 0.05) is 5.92 Å². The van der Waals surface area contributed by atoms with Crippen LogP contribution in [0.1, 0.15) is 25.0 Å². The standard InChI is InChI=1S/C12H13FNO/c1-3-15-12-5-10(8-14)4-11(6-12)9(2)7-13/h4-6H,3,7H2,1-2H3. The molecule has 1 aromatic carbocycles. The molecule has 2 nitrogen and oxygen atoms in total. The van der Waals surface area contributed by atoms with E-state index >= 15 is 0 Å². The molecule has 0 spiro atoms. The van der Waals surface area contributed by atoms with Crippen molar-refractivity contribution in [1.82, 2.24) is 0 Å². The Morgan fingerprint density at radius 3 is 2.73 bits per heavy atom. The lowest BCUT2D eigenvalue weighted by atomic mass is 10.00. The highest BCUT2D eigenvalue weighted by atomic mass is 19.1. The van der Waals surface area contributed by atoms with Gasteiger partial charge in [0.1, 0.15) is 5.75 Å². The topological polar surface area (TPSA) is 33.0 Å². The molecule has 3 heteroatoms. The number of nitriles is 1. The molecule has 1 rings (SSSR count). The van der Waals surface area contributed by atoms with E-state index < -0.39 is 6.67 Å². The predicted molar refractivity (Wildman–Crippen MR) is 56.3 cm³/mol. The molecule has 0 aromatic heterocycles. The van der Waals surface area contributed by atoms with Gasteiger partial charge in [-0.1, -0.05) is 6.92 Å². The first-order chi connectivity index (χ1) is 7.21. The zero-order valence-corrected chi connectivity index (χ0v) is 8.88. The molecule has 0 fully saturated rings. The molecule has 0 heterocycles. The van der Waals surface area contributed by atoms with Crippen LogP contribution >= 0.6 is 0 Å². The van der Waals surface area contributed by atoms with Gasteiger partial charge in [0.25, 0.3) is 0 Å². The summed E-state index contributed by atoms with van der Waals surface area (Å²) < 4.78 is 17.8. The Hall–Kier alpha value is -1.56. The molecular weight excluding hydrogens is 193 g/mol. The van der Waals surface area contributed by atoms with Gasteiger partial charge in [0.05, 0.1) is 24.9 Å². The van der Waals surface area contributed by atoms with E-state index in [1.165, 1.54) is 0 Å². The zero-order chi connectivity index (χ0) is 11.3. The van der Waals surface area contributed by atoms with Crippen LogP contribution in [-0.4, -0.2) is 13.3 Å². The maximum atomic E-state index is 12.5. The van der Waals surface area contributed by atoms with Gasteiger partial charge in [0.2, 0.25) is 0 Å². The number of halogens is 1. The molecule has 15 heavy (non-hydrogen) atoms. The predicted octanol–water partition coefficient (Wildman–Crippen LogP) is 2.87. The van der Waals surface area contributed by atoms with Crippen molar-refractivity contribution in [3.8, 4) is 11.8 Å². The van der Waals surface area contributed by atoms with Crippen molar-refractivity contribution in [2.45, 2.75) is 13.8 Å². The second kappa shape index (κ2) is 5.35. The molecule has 0 N–H and O–H groups in total. The van der Waals surface area contributed by atoms with Gasteiger partial charge in [-0.25, -0.2) is 0 Å². The number of hydrogen-bond acceptors (Lipinski definition) is 2. The minimum absolute atomic E-state index is 0.490. The summed E-state index contributed by atoms with van der Waals surface area (Å²) in [6.45, 7) is 3.58. The largest absolute Gasteiger partial charge is 0.494 e. The summed E-state index contributed by atoms with van der Waals surface area (Å²) in [5.41, 5.74) is 1.21. The maximum absolute atomic E-state index is 12.5. The number of rotatable bonds is 4. The minimum atomic E-state index is -0.513. The fourth-order valence-corrected chi connectivity index (χ4v) is 1.24. The van der Waals surface area contributed by atoms with Crippen molar-refractivity contribution in [1.29, 1.82) is 5.26 Å². The molecule has 0 saturated carbocycles. The van der Waals surface area contributed by atoms with Crippen molar-refractivity contribution in [3.05, 3.63) is 35.2 Å². The minimum Gasteiger partial charge on any atom is -0.494 e. The number of hydrogen-bond donors (Lipinski definition) is 0. The highest BCUT2D eigenvalue weighted by Crippen LogP contribution is 2.22. The van der Waals surface area contributed by atoms with Gasteiger partial charge >= 0.3 is 0 Å². The van der Waals surface area contributed by atoms with Gasteiger partial charge in [-0.2, -0.15) is 5.26 Å². The molecule has 0 unspecified atom stereocenters. The first kappa shape index (κ1) is 11.5. The third-order valence-corrected chi connectivity index (χ3v) is 2.04. The van der Waals surface area contributed by atoms with Crippen LogP contribution in [0.15, 0.2) is 18.2 Å². The average molecular weight is 206 g/mol. The van der Waals surface area contributed by atoms with E-state index in [0.29, 0.717) is 23.8 Å². The number of ether oxygens (including phenoxy) is 1. The normalized spacial score (nSPS) is 10.1. The zero-order valence-electron chi connectivity index (χ0n) is 8.88. The number of alkyl halides is 1. The van der Waals surface area contributed by atoms with E-state index in [1.54, 1.807) is 25.1 Å². The maximum Gasteiger partial charge on any atom is 0.120 e. The highest BCUT2D eigenvalue weighted by molar-refractivity contribution is 5.45. The summed E-state index contributed by atoms with van der Waals surface area (Å²) in [7, 11) is 0. The van der Waals surface area contributed by atoms with Crippen molar-refractivity contribution in [2.75, 3.05) is 13.3 Å². The third kappa shape index (κ3) is 2.95.